The molecule has 0 bridgehead atoms. The smallest absolute Gasteiger partial charge is 0.316 e. The fraction of sp³-hybridized carbons (Fsp3) is 0.158. The number of carbonyl (C=O) groups excluding carboxylic acids is 2. The molecule has 26 heavy (non-hydrogen) atoms. The lowest BCUT2D eigenvalue weighted by Crippen LogP contribution is -2.21. The van der Waals surface area contributed by atoms with Crippen molar-refractivity contribution in [3.8, 4) is 11.5 Å². The van der Waals surface area contributed by atoms with E-state index in [4.69, 9.17) is 15.2 Å². The van der Waals surface area contributed by atoms with E-state index in [0.717, 1.165) is 12.0 Å². The third-order valence-corrected chi connectivity index (χ3v) is 3.40. The van der Waals surface area contributed by atoms with Gasteiger partial charge in [0.15, 0.2) is 18.1 Å². The molecule has 2 aromatic carbocycles. The Morgan fingerprint density at radius 3 is 2.31 bits per heavy atom. The molecular formula is C19H21N3O4. The van der Waals surface area contributed by atoms with Crippen LogP contribution in [0.15, 0.2) is 55.1 Å². The van der Waals surface area contributed by atoms with E-state index in [0.29, 0.717) is 22.9 Å². The van der Waals surface area contributed by atoms with Gasteiger partial charge >= 0.3 is 6.03 Å². The number of hydrogen-bond acceptors (Lipinski definition) is 4. The van der Waals surface area contributed by atoms with Gasteiger partial charge in [0.2, 0.25) is 0 Å². The maximum absolute atomic E-state index is 12.0. The molecule has 4 N–H and O–H groups in total. The molecule has 0 atom stereocenters. The Morgan fingerprint density at radius 1 is 1.08 bits per heavy atom. The monoisotopic (exact) mass is 355 g/mol. The van der Waals surface area contributed by atoms with Crippen LogP contribution in [0.4, 0.5) is 16.2 Å². The fourth-order valence-corrected chi connectivity index (χ4v) is 2.24. The molecule has 2 rings (SSSR count). The van der Waals surface area contributed by atoms with Crippen LogP contribution in [0.2, 0.25) is 0 Å². The molecule has 0 aliphatic rings. The number of rotatable bonds is 8. The van der Waals surface area contributed by atoms with E-state index in [1.165, 1.54) is 0 Å². The zero-order valence-electron chi connectivity index (χ0n) is 14.5. The molecule has 0 saturated carbocycles. The standard InChI is InChI=1S/C19H21N3O4/c1-3-4-13-5-10-16(17(11-13)25-2)26-12-18(23)21-14-6-8-15(9-7-14)22-19(20)24/h3,5-11H,1,4,12H2,2H3,(H,21,23)(H3,20,22,24). The molecule has 0 radical (unpaired) electrons. The summed E-state index contributed by atoms with van der Waals surface area (Å²) in [6, 6.07) is 11.4. The highest BCUT2D eigenvalue weighted by Gasteiger charge is 2.09. The summed E-state index contributed by atoms with van der Waals surface area (Å²) in [5.41, 5.74) is 7.19. The molecule has 0 aromatic heterocycles. The number of methoxy groups -OCH3 is 1. The zero-order valence-corrected chi connectivity index (χ0v) is 14.5. The Kier molecular flexibility index (Phi) is 6.61. The van der Waals surface area contributed by atoms with Gasteiger partial charge in [0.1, 0.15) is 0 Å². The maximum atomic E-state index is 12.0. The lowest BCUT2D eigenvalue weighted by Gasteiger charge is -2.12. The average Bonchev–Trinajstić information content (AvgIpc) is 2.62. The molecule has 3 amide bonds. The molecule has 136 valence electrons. The van der Waals surface area contributed by atoms with Crippen molar-refractivity contribution in [2.45, 2.75) is 6.42 Å². The third kappa shape index (κ3) is 5.55. The number of nitrogens with two attached hydrogens (primary N) is 1. The Balaban J connectivity index is 1.92. The van der Waals surface area contributed by atoms with Crippen LogP contribution < -0.4 is 25.8 Å². The van der Waals surface area contributed by atoms with Gasteiger partial charge in [-0.1, -0.05) is 12.1 Å². The van der Waals surface area contributed by atoms with E-state index in [2.05, 4.69) is 17.2 Å². The predicted molar refractivity (Wildman–Crippen MR) is 101 cm³/mol. The van der Waals surface area contributed by atoms with Crippen molar-refractivity contribution in [1.29, 1.82) is 0 Å². The van der Waals surface area contributed by atoms with Crippen molar-refractivity contribution >= 4 is 23.3 Å². The van der Waals surface area contributed by atoms with Crippen molar-refractivity contribution in [2.75, 3.05) is 24.4 Å². The first-order chi connectivity index (χ1) is 12.5. The second-order valence-electron chi connectivity index (χ2n) is 5.38. The number of amides is 3. The highest BCUT2D eigenvalue weighted by atomic mass is 16.5. The van der Waals surface area contributed by atoms with Crippen LogP contribution in [0.25, 0.3) is 0 Å². The molecule has 0 aliphatic carbocycles. The van der Waals surface area contributed by atoms with E-state index in [9.17, 15) is 9.59 Å². The second-order valence-corrected chi connectivity index (χ2v) is 5.38. The molecular weight excluding hydrogens is 334 g/mol. The van der Waals surface area contributed by atoms with Gasteiger partial charge < -0.3 is 25.8 Å². The first kappa shape index (κ1) is 18.9. The number of allylic oxidation sites excluding steroid dienone is 1. The Bertz CT molecular complexity index is 788. The van der Waals surface area contributed by atoms with Crippen LogP contribution in [-0.2, 0) is 11.2 Å². The van der Waals surface area contributed by atoms with Gasteiger partial charge in [-0.2, -0.15) is 0 Å². The van der Waals surface area contributed by atoms with E-state index >= 15 is 0 Å². The van der Waals surface area contributed by atoms with Gasteiger partial charge in [0.05, 0.1) is 7.11 Å². The van der Waals surface area contributed by atoms with Gasteiger partial charge in [-0.05, 0) is 48.4 Å². The lowest BCUT2D eigenvalue weighted by atomic mass is 10.1. The molecule has 0 aliphatic heterocycles. The first-order valence-electron chi connectivity index (χ1n) is 7.89. The summed E-state index contributed by atoms with van der Waals surface area (Å²) in [5.74, 6) is 0.716. The first-order valence-corrected chi connectivity index (χ1v) is 7.89. The number of anilines is 2. The minimum absolute atomic E-state index is 0.168. The largest absolute Gasteiger partial charge is 0.493 e. The highest BCUT2D eigenvalue weighted by molar-refractivity contribution is 5.92. The molecule has 7 heteroatoms. The Labute approximate surface area is 151 Å². The number of urea groups is 1. The van der Waals surface area contributed by atoms with Crippen LogP contribution in [0.1, 0.15) is 5.56 Å². The van der Waals surface area contributed by atoms with Gasteiger partial charge in [0.25, 0.3) is 5.91 Å². The quantitative estimate of drug-likeness (QED) is 0.634. The van der Waals surface area contributed by atoms with Crippen molar-refractivity contribution in [3.05, 3.63) is 60.7 Å². The number of carbonyl (C=O) groups is 2. The summed E-state index contributed by atoms with van der Waals surface area (Å²) >= 11 is 0. The molecule has 0 saturated heterocycles. The summed E-state index contributed by atoms with van der Waals surface area (Å²) in [7, 11) is 1.54. The second kappa shape index (κ2) is 9.12. The van der Waals surface area contributed by atoms with Crippen LogP contribution in [0.3, 0.4) is 0 Å². The minimum atomic E-state index is -0.650. The summed E-state index contributed by atoms with van der Waals surface area (Å²) in [6.45, 7) is 3.53. The number of hydrogen-bond donors (Lipinski definition) is 3. The van der Waals surface area contributed by atoms with E-state index < -0.39 is 6.03 Å². The van der Waals surface area contributed by atoms with Gasteiger partial charge in [-0.25, -0.2) is 4.79 Å². The van der Waals surface area contributed by atoms with E-state index in [1.54, 1.807) is 43.5 Å². The summed E-state index contributed by atoms with van der Waals surface area (Å²) < 4.78 is 10.8. The Hall–Kier alpha value is -3.48. The summed E-state index contributed by atoms with van der Waals surface area (Å²) in [4.78, 5) is 22.8. The molecule has 0 unspecified atom stereocenters. The average molecular weight is 355 g/mol. The van der Waals surface area contributed by atoms with Gasteiger partial charge in [-0.3, -0.25) is 4.79 Å². The van der Waals surface area contributed by atoms with Crippen LogP contribution in [0, 0.1) is 0 Å². The Morgan fingerprint density at radius 2 is 1.73 bits per heavy atom. The number of primary amides is 1. The number of nitrogens with one attached hydrogen (secondary N) is 2. The van der Waals surface area contributed by atoms with Crippen molar-refractivity contribution in [2.24, 2.45) is 5.73 Å². The number of ether oxygens (including phenoxy) is 2. The lowest BCUT2D eigenvalue weighted by molar-refractivity contribution is -0.118. The van der Waals surface area contributed by atoms with Gasteiger partial charge in [-0.15, -0.1) is 6.58 Å². The maximum Gasteiger partial charge on any atom is 0.316 e. The summed E-state index contributed by atoms with van der Waals surface area (Å²) in [6.07, 6.45) is 2.52. The highest BCUT2D eigenvalue weighted by Crippen LogP contribution is 2.28. The van der Waals surface area contributed by atoms with Crippen molar-refractivity contribution in [1.82, 2.24) is 0 Å². The van der Waals surface area contributed by atoms with Gasteiger partial charge in [0, 0.05) is 11.4 Å². The van der Waals surface area contributed by atoms with Crippen LogP contribution >= 0.6 is 0 Å². The predicted octanol–water partition coefficient (Wildman–Crippen LogP) is 2.93. The molecule has 2 aromatic rings. The topological polar surface area (TPSA) is 103 Å². The van der Waals surface area contributed by atoms with Crippen molar-refractivity contribution in [3.63, 3.8) is 0 Å². The normalized spacial score (nSPS) is 9.88. The van der Waals surface area contributed by atoms with E-state index in [-0.39, 0.29) is 12.5 Å². The van der Waals surface area contributed by atoms with E-state index in [1.807, 2.05) is 12.1 Å². The summed E-state index contributed by atoms with van der Waals surface area (Å²) in [5, 5.41) is 5.14. The SMILES string of the molecule is C=CCc1ccc(OCC(=O)Nc2ccc(NC(N)=O)cc2)c(OC)c1. The molecule has 0 heterocycles. The number of benzene rings is 2. The molecule has 7 nitrogen and oxygen atoms in total. The molecule has 0 spiro atoms. The van der Waals surface area contributed by atoms with Crippen LogP contribution in [-0.4, -0.2) is 25.7 Å². The minimum Gasteiger partial charge on any atom is -0.493 e. The van der Waals surface area contributed by atoms with Crippen molar-refractivity contribution < 1.29 is 19.1 Å². The fourth-order valence-electron chi connectivity index (χ4n) is 2.24. The zero-order chi connectivity index (χ0) is 18.9. The molecule has 0 fully saturated rings. The third-order valence-electron chi connectivity index (χ3n) is 3.40. The van der Waals surface area contributed by atoms with Crippen LogP contribution in [0.5, 0.6) is 11.5 Å².